The molecule has 7 nitrogen and oxygen atoms in total. The summed E-state index contributed by atoms with van der Waals surface area (Å²) >= 11 is 6.00. The number of aryl methyl sites for hydroxylation is 1. The SMILES string of the molecule is Cc1ccc(S(=O)(=O)N2[C@H](c3cccc(F)c3)CCC[C@@H]2C2(OC(=O)N3CCC(O)(c4ccc(Cl)cc4)CC3)CC2)cc1F. The van der Waals surface area contributed by atoms with Gasteiger partial charge in [-0.05, 0) is 105 Å². The van der Waals surface area contributed by atoms with Crippen molar-refractivity contribution in [3.05, 3.63) is 100 Å². The van der Waals surface area contributed by atoms with Crippen LogP contribution >= 0.6 is 11.6 Å². The largest absolute Gasteiger partial charge is 0.441 e. The maximum absolute atomic E-state index is 14.6. The second-order valence-corrected chi connectivity index (χ2v) is 14.5. The number of carbonyl (C=O) groups excluding carboxylic acids is 1. The Labute approximate surface area is 261 Å². The molecule has 234 valence electrons. The Bertz CT molecular complexity index is 1660. The molecule has 0 radical (unpaired) electrons. The van der Waals surface area contributed by atoms with E-state index in [0.29, 0.717) is 61.1 Å². The summed E-state index contributed by atoms with van der Waals surface area (Å²) in [5.41, 5.74) is -0.631. The minimum atomic E-state index is -4.29. The van der Waals surface area contributed by atoms with Gasteiger partial charge in [-0.3, -0.25) is 0 Å². The fourth-order valence-electron chi connectivity index (χ4n) is 6.66. The van der Waals surface area contributed by atoms with Crippen molar-refractivity contribution in [2.75, 3.05) is 13.1 Å². The summed E-state index contributed by atoms with van der Waals surface area (Å²) in [5.74, 6) is -1.13. The Hall–Kier alpha value is -3.05. The lowest BCUT2D eigenvalue weighted by molar-refractivity contribution is -0.0427. The normalized spacial score (nSPS) is 23.2. The molecule has 0 bridgehead atoms. The topological polar surface area (TPSA) is 87.2 Å². The van der Waals surface area contributed by atoms with E-state index in [4.69, 9.17) is 16.3 Å². The van der Waals surface area contributed by atoms with Crippen LogP contribution in [0.1, 0.15) is 67.7 Å². The number of ether oxygens (including phenoxy) is 1. The molecule has 3 fully saturated rings. The van der Waals surface area contributed by atoms with Gasteiger partial charge in [0.2, 0.25) is 10.0 Å². The fraction of sp³-hybridized carbons (Fsp3) is 0.424. The third-order valence-electron chi connectivity index (χ3n) is 9.39. The van der Waals surface area contributed by atoms with E-state index in [-0.39, 0.29) is 18.0 Å². The summed E-state index contributed by atoms with van der Waals surface area (Å²) in [4.78, 5) is 14.9. The predicted octanol–water partition coefficient (Wildman–Crippen LogP) is 6.86. The molecular formula is C33H35ClF2N2O5S. The van der Waals surface area contributed by atoms with Crippen LogP contribution in [0.15, 0.2) is 71.6 Å². The first kappa shape index (κ1) is 31.0. The Balaban J connectivity index is 1.27. The number of carbonyl (C=O) groups is 1. The van der Waals surface area contributed by atoms with E-state index in [2.05, 4.69) is 0 Å². The zero-order chi connectivity index (χ0) is 31.3. The molecule has 3 aliphatic rings. The molecule has 0 spiro atoms. The molecule has 1 saturated carbocycles. The Morgan fingerprint density at radius 1 is 0.977 bits per heavy atom. The zero-order valence-electron chi connectivity index (χ0n) is 24.4. The number of likely N-dealkylation sites (tertiary alicyclic amines) is 1. The Morgan fingerprint density at radius 3 is 2.32 bits per heavy atom. The highest BCUT2D eigenvalue weighted by Crippen LogP contribution is 2.53. The summed E-state index contributed by atoms with van der Waals surface area (Å²) < 4.78 is 65.1. The molecule has 2 atom stereocenters. The predicted molar refractivity (Wildman–Crippen MR) is 162 cm³/mol. The van der Waals surface area contributed by atoms with E-state index >= 15 is 0 Å². The van der Waals surface area contributed by atoms with Crippen molar-refractivity contribution in [3.63, 3.8) is 0 Å². The average molecular weight is 645 g/mol. The van der Waals surface area contributed by atoms with Gasteiger partial charge in [-0.2, -0.15) is 4.31 Å². The summed E-state index contributed by atoms with van der Waals surface area (Å²) in [7, 11) is -4.29. The molecule has 0 unspecified atom stereocenters. The maximum atomic E-state index is 14.6. The van der Waals surface area contributed by atoms with E-state index in [1.54, 1.807) is 48.2 Å². The molecule has 2 heterocycles. The number of hydrogen-bond donors (Lipinski definition) is 1. The Morgan fingerprint density at radius 2 is 1.68 bits per heavy atom. The van der Waals surface area contributed by atoms with Gasteiger partial charge in [0.05, 0.1) is 22.6 Å². The number of hydrogen-bond acceptors (Lipinski definition) is 5. The molecular weight excluding hydrogens is 610 g/mol. The quantitative estimate of drug-likeness (QED) is 0.317. The van der Waals surface area contributed by atoms with Gasteiger partial charge in [-0.25, -0.2) is 22.0 Å². The minimum absolute atomic E-state index is 0.200. The number of halogens is 3. The number of amides is 1. The third kappa shape index (κ3) is 5.85. The lowest BCUT2D eigenvalue weighted by Crippen LogP contribution is -2.55. The first-order valence-corrected chi connectivity index (χ1v) is 16.8. The van der Waals surface area contributed by atoms with E-state index in [1.165, 1.54) is 28.6 Å². The van der Waals surface area contributed by atoms with Crippen LogP contribution in [0.2, 0.25) is 5.02 Å². The Kier molecular flexibility index (Phi) is 8.24. The van der Waals surface area contributed by atoms with Gasteiger partial charge < -0.3 is 14.7 Å². The number of benzene rings is 3. The first-order valence-electron chi connectivity index (χ1n) is 14.9. The monoisotopic (exact) mass is 644 g/mol. The highest BCUT2D eigenvalue weighted by molar-refractivity contribution is 7.89. The highest BCUT2D eigenvalue weighted by atomic mass is 35.5. The minimum Gasteiger partial charge on any atom is -0.441 e. The van der Waals surface area contributed by atoms with Crippen molar-refractivity contribution < 1.29 is 31.8 Å². The molecule has 0 aromatic heterocycles. The van der Waals surface area contributed by atoms with Crippen molar-refractivity contribution in [1.29, 1.82) is 0 Å². The van der Waals surface area contributed by atoms with Gasteiger partial charge in [0, 0.05) is 18.1 Å². The number of rotatable bonds is 6. The molecule has 2 saturated heterocycles. The molecule has 44 heavy (non-hydrogen) atoms. The summed E-state index contributed by atoms with van der Waals surface area (Å²) in [5, 5.41) is 11.8. The molecule has 3 aromatic carbocycles. The van der Waals surface area contributed by atoms with E-state index in [9.17, 15) is 27.1 Å². The fourth-order valence-corrected chi connectivity index (χ4v) is 8.72. The highest BCUT2D eigenvalue weighted by Gasteiger charge is 2.60. The third-order valence-corrected chi connectivity index (χ3v) is 11.6. The van der Waals surface area contributed by atoms with Crippen LogP contribution < -0.4 is 0 Å². The van der Waals surface area contributed by atoms with Crippen LogP contribution in [0.5, 0.6) is 0 Å². The maximum Gasteiger partial charge on any atom is 0.410 e. The number of piperidine rings is 2. The number of sulfonamides is 1. The van der Waals surface area contributed by atoms with E-state index in [0.717, 1.165) is 11.6 Å². The van der Waals surface area contributed by atoms with Crippen LogP contribution in [0.25, 0.3) is 0 Å². The van der Waals surface area contributed by atoms with Crippen molar-refractivity contribution in [2.45, 2.75) is 80.1 Å². The standard InChI is InChI=1S/C33H35ClF2N2O5S/c1-22-8-13-27(21-28(22)36)44(41,42)38-29(23-4-2-5-26(35)20-23)6-3-7-30(38)33(14-15-33)43-31(39)37-18-16-32(40,17-19-37)24-9-11-25(34)12-10-24/h2,4-5,8-13,20-21,29-30,40H,3,6-7,14-19H2,1H3/t29-,30+/m0/s1. The molecule has 6 rings (SSSR count). The van der Waals surface area contributed by atoms with Crippen LogP contribution in [-0.4, -0.2) is 53.6 Å². The molecule has 1 aliphatic carbocycles. The van der Waals surface area contributed by atoms with Crippen molar-refractivity contribution in [3.8, 4) is 0 Å². The molecule has 1 N–H and O–H groups in total. The second kappa shape index (κ2) is 11.7. The first-order chi connectivity index (χ1) is 20.9. The summed E-state index contributed by atoms with van der Waals surface area (Å²) in [6.45, 7) is 2.07. The van der Waals surface area contributed by atoms with Crippen LogP contribution in [0.3, 0.4) is 0 Å². The van der Waals surface area contributed by atoms with Crippen LogP contribution in [-0.2, 0) is 20.4 Å². The second-order valence-electron chi connectivity index (χ2n) is 12.2. The molecule has 2 aliphatic heterocycles. The van der Waals surface area contributed by atoms with Crippen LogP contribution in [0.4, 0.5) is 13.6 Å². The van der Waals surface area contributed by atoms with E-state index in [1.807, 2.05) is 0 Å². The van der Waals surface area contributed by atoms with Crippen molar-refractivity contribution >= 4 is 27.7 Å². The number of nitrogens with zero attached hydrogens (tertiary/aromatic N) is 2. The molecule has 3 aromatic rings. The van der Waals surface area contributed by atoms with Gasteiger partial charge in [-0.15, -0.1) is 0 Å². The lowest BCUT2D eigenvalue weighted by atomic mass is 9.84. The average Bonchev–Trinajstić information content (AvgIpc) is 3.79. The van der Waals surface area contributed by atoms with Gasteiger partial charge >= 0.3 is 6.09 Å². The van der Waals surface area contributed by atoms with Crippen LogP contribution in [0, 0.1) is 18.6 Å². The summed E-state index contributed by atoms with van der Waals surface area (Å²) in [6, 6.07) is 15.2. The zero-order valence-corrected chi connectivity index (χ0v) is 26.0. The summed E-state index contributed by atoms with van der Waals surface area (Å²) in [6.07, 6.45) is 2.49. The smallest absolute Gasteiger partial charge is 0.410 e. The van der Waals surface area contributed by atoms with Gasteiger partial charge in [-0.1, -0.05) is 41.9 Å². The van der Waals surface area contributed by atoms with Crippen molar-refractivity contribution in [2.24, 2.45) is 0 Å². The lowest BCUT2D eigenvalue weighted by Gasteiger charge is -2.45. The van der Waals surface area contributed by atoms with Crippen molar-refractivity contribution in [1.82, 2.24) is 9.21 Å². The molecule has 11 heteroatoms. The number of aliphatic hydroxyl groups is 1. The molecule has 1 amide bonds. The van der Waals surface area contributed by atoms with Gasteiger partial charge in [0.1, 0.15) is 17.2 Å². The van der Waals surface area contributed by atoms with Gasteiger partial charge in [0.25, 0.3) is 0 Å². The van der Waals surface area contributed by atoms with E-state index < -0.39 is 51.0 Å². The van der Waals surface area contributed by atoms with Gasteiger partial charge in [0.15, 0.2) is 0 Å².